The fourth-order valence-corrected chi connectivity index (χ4v) is 2.61. The van der Waals surface area contributed by atoms with E-state index in [4.69, 9.17) is 0 Å². The van der Waals surface area contributed by atoms with Crippen molar-refractivity contribution in [2.45, 2.75) is 13.8 Å². The van der Waals surface area contributed by atoms with Gasteiger partial charge in [0, 0.05) is 10.9 Å². The summed E-state index contributed by atoms with van der Waals surface area (Å²) in [5, 5.41) is 16.3. The Bertz CT molecular complexity index is 853. The van der Waals surface area contributed by atoms with Crippen LogP contribution in [0.5, 0.6) is 0 Å². The molecule has 21 heavy (non-hydrogen) atoms. The molecule has 0 aliphatic carbocycles. The molecule has 0 radical (unpaired) electrons. The molecule has 0 saturated carbocycles. The van der Waals surface area contributed by atoms with Crippen LogP contribution in [0.2, 0.25) is 0 Å². The molecule has 3 rings (SSSR count). The van der Waals surface area contributed by atoms with Crippen molar-refractivity contribution < 1.29 is 9.31 Å². The van der Waals surface area contributed by atoms with E-state index in [0.29, 0.717) is 22.3 Å². The predicted octanol–water partition coefficient (Wildman–Crippen LogP) is 3.69. The second-order valence-electron chi connectivity index (χ2n) is 4.89. The van der Waals surface area contributed by atoms with Crippen molar-refractivity contribution in [2.75, 3.05) is 0 Å². The number of fused-ring (bicyclic) bond motifs is 1. The van der Waals surface area contributed by atoms with Gasteiger partial charge in [0.15, 0.2) is 0 Å². The van der Waals surface area contributed by atoms with Crippen LogP contribution in [-0.4, -0.2) is 14.7 Å². The normalized spacial score (nSPS) is 11.0. The fourth-order valence-electron chi connectivity index (χ4n) is 2.61. The van der Waals surface area contributed by atoms with Crippen molar-refractivity contribution in [2.24, 2.45) is 0 Å². The molecular formula is C15H12FN3O2. The van der Waals surface area contributed by atoms with Crippen LogP contribution in [-0.2, 0) is 0 Å². The third kappa shape index (κ3) is 2.05. The van der Waals surface area contributed by atoms with Crippen molar-refractivity contribution in [3.8, 4) is 5.69 Å². The first-order chi connectivity index (χ1) is 9.99. The monoisotopic (exact) mass is 285 g/mol. The third-order valence-electron chi connectivity index (χ3n) is 3.51. The van der Waals surface area contributed by atoms with Crippen LogP contribution in [0.1, 0.15) is 11.1 Å². The number of aryl methyl sites for hydroxylation is 2. The highest BCUT2D eigenvalue weighted by Crippen LogP contribution is 2.32. The van der Waals surface area contributed by atoms with Gasteiger partial charge in [-0.05, 0) is 44.2 Å². The molecular weight excluding hydrogens is 273 g/mol. The van der Waals surface area contributed by atoms with Gasteiger partial charge in [0.05, 0.1) is 27.9 Å². The Morgan fingerprint density at radius 1 is 1.24 bits per heavy atom. The number of hydrogen-bond acceptors (Lipinski definition) is 3. The number of halogens is 1. The standard InChI is InChI=1S/C15H12FN3O2/c1-9-7-11-8-17-18(13-5-3-12(16)4-6-13)15(11)10(2)14(9)19(20)21/h3-8H,1-2H3. The van der Waals surface area contributed by atoms with Crippen LogP contribution < -0.4 is 0 Å². The number of nitro benzene ring substituents is 1. The van der Waals surface area contributed by atoms with Gasteiger partial charge in [0.25, 0.3) is 5.69 Å². The molecule has 0 atom stereocenters. The Labute approximate surface area is 119 Å². The van der Waals surface area contributed by atoms with Gasteiger partial charge in [0.2, 0.25) is 0 Å². The van der Waals surface area contributed by atoms with Gasteiger partial charge in [-0.15, -0.1) is 0 Å². The molecule has 106 valence electrons. The molecule has 6 heteroatoms. The molecule has 1 heterocycles. The minimum Gasteiger partial charge on any atom is -0.258 e. The van der Waals surface area contributed by atoms with Crippen LogP contribution in [0.3, 0.4) is 0 Å². The van der Waals surface area contributed by atoms with Crippen molar-refractivity contribution in [1.29, 1.82) is 0 Å². The van der Waals surface area contributed by atoms with Crippen molar-refractivity contribution in [1.82, 2.24) is 9.78 Å². The Balaban J connectivity index is 2.33. The number of nitro groups is 1. The van der Waals surface area contributed by atoms with Gasteiger partial charge in [-0.1, -0.05) is 0 Å². The van der Waals surface area contributed by atoms with Crippen molar-refractivity contribution in [3.63, 3.8) is 0 Å². The molecule has 3 aromatic rings. The number of benzene rings is 2. The maximum absolute atomic E-state index is 13.0. The molecule has 2 aromatic carbocycles. The smallest absolute Gasteiger partial charge is 0.258 e. The maximum atomic E-state index is 13.0. The van der Waals surface area contributed by atoms with Crippen LogP contribution >= 0.6 is 0 Å². The molecule has 5 nitrogen and oxygen atoms in total. The zero-order valence-electron chi connectivity index (χ0n) is 11.5. The summed E-state index contributed by atoms with van der Waals surface area (Å²) in [4.78, 5) is 10.8. The lowest BCUT2D eigenvalue weighted by atomic mass is 10.1. The summed E-state index contributed by atoms with van der Waals surface area (Å²) in [6, 6.07) is 7.59. The third-order valence-corrected chi connectivity index (χ3v) is 3.51. The van der Waals surface area contributed by atoms with E-state index in [9.17, 15) is 14.5 Å². The quantitative estimate of drug-likeness (QED) is 0.533. The van der Waals surface area contributed by atoms with Gasteiger partial charge in [-0.2, -0.15) is 5.10 Å². The molecule has 0 unspecified atom stereocenters. The van der Waals surface area contributed by atoms with E-state index in [-0.39, 0.29) is 16.4 Å². The molecule has 0 amide bonds. The van der Waals surface area contributed by atoms with Gasteiger partial charge in [-0.3, -0.25) is 10.1 Å². The van der Waals surface area contributed by atoms with E-state index in [1.807, 2.05) is 0 Å². The van der Waals surface area contributed by atoms with Crippen LogP contribution in [0.25, 0.3) is 16.6 Å². The molecule has 0 bridgehead atoms. The topological polar surface area (TPSA) is 61.0 Å². The number of aromatic nitrogens is 2. The Morgan fingerprint density at radius 2 is 1.90 bits per heavy atom. The van der Waals surface area contributed by atoms with E-state index in [1.54, 1.807) is 42.9 Å². The van der Waals surface area contributed by atoms with E-state index < -0.39 is 0 Å². The minimum atomic E-state index is -0.383. The van der Waals surface area contributed by atoms with Crippen molar-refractivity contribution >= 4 is 16.6 Å². The first kappa shape index (κ1) is 13.2. The summed E-state index contributed by atoms with van der Waals surface area (Å²) >= 11 is 0. The summed E-state index contributed by atoms with van der Waals surface area (Å²) in [5.74, 6) is -0.339. The van der Waals surface area contributed by atoms with E-state index >= 15 is 0 Å². The first-order valence-corrected chi connectivity index (χ1v) is 6.37. The van der Waals surface area contributed by atoms with Crippen molar-refractivity contribution in [3.05, 3.63) is 63.6 Å². The summed E-state index contributed by atoms with van der Waals surface area (Å²) in [5.41, 5.74) is 2.57. The molecule has 0 saturated heterocycles. The summed E-state index contributed by atoms with van der Waals surface area (Å²) in [7, 11) is 0. The van der Waals surface area contributed by atoms with Crippen LogP contribution in [0.15, 0.2) is 36.5 Å². The minimum absolute atomic E-state index is 0.0892. The second kappa shape index (κ2) is 4.66. The summed E-state index contributed by atoms with van der Waals surface area (Å²) < 4.78 is 14.6. The second-order valence-corrected chi connectivity index (χ2v) is 4.89. The van der Waals surface area contributed by atoms with Crippen LogP contribution in [0, 0.1) is 29.8 Å². The van der Waals surface area contributed by atoms with E-state index in [1.165, 1.54) is 12.1 Å². The lowest BCUT2D eigenvalue weighted by molar-refractivity contribution is -0.385. The van der Waals surface area contributed by atoms with Crippen LogP contribution in [0.4, 0.5) is 10.1 Å². The lowest BCUT2D eigenvalue weighted by Gasteiger charge is -2.07. The van der Waals surface area contributed by atoms with Gasteiger partial charge in [-0.25, -0.2) is 9.07 Å². The lowest BCUT2D eigenvalue weighted by Crippen LogP contribution is -2.01. The number of rotatable bonds is 2. The van der Waals surface area contributed by atoms with Gasteiger partial charge >= 0.3 is 0 Å². The Hall–Kier alpha value is -2.76. The van der Waals surface area contributed by atoms with Gasteiger partial charge < -0.3 is 0 Å². The average Bonchev–Trinajstić information content (AvgIpc) is 2.83. The van der Waals surface area contributed by atoms with Gasteiger partial charge in [0.1, 0.15) is 5.82 Å². The summed E-state index contributed by atoms with van der Waals surface area (Å²) in [6.45, 7) is 3.41. The Morgan fingerprint density at radius 3 is 2.52 bits per heavy atom. The number of hydrogen-bond donors (Lipinski definition) is 0. The highest BCUT2D eigenvalue weighted by molar-refractivity contribution is 5.88. The SMILES string of the molecule is Cc1cc2cnn(-c3ccc(F)cc3)c2c(C)c1[N+](=O)[O-]. The fraction of sp³-hybridized carbons (Fsp3) is 0.133. The van der Waals surface area contributed by atoms with E-state index in [0.717, 1.165) is 5.39 Å². The number of nitrogens with zero attached hydrogens (tertiary/aromatic N) is 3. The molecule has 1 aromatic heterocycles. The zero-order chi connectivity index (χ0) is 15.1. The van der Waals surface area contributed by atoms with E-state index in [2.05, 4.69) is 5.10 Å². The molecule has 0 aliphatic rings. The summed E-state index contributed by atoms with van der Waals surface area (Å²) in [6.07, 6.45) is 1.66. The molecule has 0 fully saturated rings. The molecule has 0 N–H and O–H groups in total. The first-order valence-electron chi connectivity index (χ1n) is 6.37. The average molecular weight is 285 g/mol. The largest absolute Gasteiger partial charge is 0.277 e. The molecule has 0 aliphatic heterocycles. The highest BCUT2D eigenvalue weighted by atomic mass is 19.1. The molecule has 0 spiro atoms. The Kier molecular flexibility index (Phi) is 2.94. The zero-order valence-corrected chi connectivity index (χ0v) is 11.5. The highest BCUT2D eigenvalue weighted by Gasteiger charge is 2.20. The predicted molar refractivity (Wildman–Crippen MR) is 77.2 cm³/mol. The maximum Gasteiger partial charge on any atom is 0.277 e.